The molecule has 1 aliphatic carbocycles. The number of rotatable bonds is 12. The smallest absolute Gasteiger partial charge is 0.356 e. The van der Waals surface area contributed by atoms with Crippen LogP contribution in [0.3, 0.4) is 0 Å². The van der Waals surface area contributed by atoms with Crippen LogP contribution in [0.2, 0.25) is 0 Å². The second kappa shape index (κ2) is 16.9. The molecule has 0 unspecified atom stereocenters. The molecule has 0 saturated carbocycles. The van der Waals surface area contributed by atoms with Crippen molar-refractivity contribution < 1.29 is 58.6 Å². The first-order valence-electron chi connectivity index (χ1n) is 18.3. The number of ether oxygens (including phenoxy) is 3. The molecule has 0 saturated heterocycles. The summed E-state index contributed by atoms with van der Waals surface area (Å²) in [6.45, 7) is 0. The Bertz CT molecular complexity index is 3100. The van der Waals surface area contributed by atoms with Crippen molar-refractivity contribution in [3.8, 4) is 69.8 Å². The molecular formula is C42H31N9O12. The third-order valence-corrected chi connectivity index (χ3v) is 9.33. The molecule has 21 nitrogen and oxygen atoms in total. The standard InChI is InChI=1S/C42H31N9O12/c1-59-30-11-3-19(14-34-46-38(55)48-39(56)47-34)13-28(30)44-21-5-9-25-32(16-21)62-33-17-22(6-10-26(33)35(25)24-8-4-20(37(54)63-43)15-27(24)36(52)53)45-29-18-23(7-12-31(29)60-2)61-42-50-40(57)49-41(58)51-42/h3-13,15-18,44H,14,43H2,1-2H3,(H,52,53)(H2,46,47,48,55,56)(H2,49,50,51,57,58)/b45-22+. The van der Waals surface area contributed by atoms with Gasteiger partial charge in [-0.2, -0.15) is 15.9 Å². The lowest BCUT2D eigenvalue weighted by Gasteiger charge is -2.18. The fourth-order valence-corrected chi connectivity index (χ4v) is 6.67. The van der Waals surface area contributed by atoms with Crippen LogP contribution in [0.4, 0.5) is 17.1 Å². The number of carbonyl (C=O) groups is 2. The Balaban J connectivity index is 1.26. The Kier molecular flexibility index (Phi) is 10.9. The Morgan fingerprint density at radius 1 is 0.746 bits per heavy atom. The summed E-state index contributed by atoms with van der Waals surface area (Å²) >= 11 is 0. The van der Waals surface area contributed by atoms with Crippen molar-refractivity contribution in [1.29, 1.82) is 0 Å². The van der Waals surface area contributed by atoms with Gasteiger partial charge < -0.3 is 54.3 Å². The molecule has 8 rings (SSSR count). The number of anilines is 2. The van der Waals surface area contributed by atoms with E-state index in [0.29, 0.717) is 61.6 Å². The molecule has 21 heteroatoms. The van der Waals surface area contributed by atoms with E-state index >= 15 is 0 Å². The topological polar surface area (TPSA) is 313 Å². The highest BCUT2D eigenvalue weighted by atomic mass is 16.7. The third-order valence-electron chi connectivity index (χ3n) is 9.33. The van der Waals surface area contributed by atoms with Gasteiger partial charge in [0.1, 0.15) is 40.1 Å². The quantitative estimate of drug-likeness (QED) is 0.0589. The van der Waals surface area contributed by atoms with Crippen molar-refractivity contribution >= 4 is 40.0 Å². The van der Waals surface area contributed by atoms with Crippen LogP contribution in [0.15, 0.2) is 100 Å². The monoisotopic (exact) mass is 853 g/mol. The number of aromatic hydroxyl groups is 4. The largest absolute Gasteiger partial charge is 0.495 e. The van der Waals surface area contributed by atoms with Crippen LogP contribution >= 0.6 is 0 Å². The van der Waals surface area contributed by atoms with E-state index in [9.17, 15) is 35.1 Å². The predicted octanol–water partition coefficient (Wildman–Crippen LogP) is 5.50. The van der Waals surface area contributed by atoms with Gasteiger partial charge in [-0.05, 0) is 71.8 Å². The number of carboxylic acids is 1. The van der Waals surface area contributed by atoms with E-state index in [2.05, 4.69) is 40.1 Å². The van der Waals surface area contributed by atoms with Crippen molar-refractivity contribution in [2.24, 2.45) is 10.9 Å². The second-order valence-electron chi connectivity index (χ2n) is 13.3. The summed E-state index contributed by atoms with van der Waals surface area (Å²) < 4.78 is 23.3. The molecule has 8 N–H and O–H groups in total. The molecule has 0 radical (unpaired) electrons. The Morgan fingerprint density at radius 3 is 2.14 bits per heavy atom. The zero-order valence-electron chi connectivity index (χ0n) is 32.7. The van der Waals surface area contributed by atoms with Gasteiger partial charge in [-0.15, -0.1) is 19.9 Å². The molecule has 6 aromatic rings. The second-order valence-corrected chi connectivity index (χ2v) is 13.3. The van der Waals surface area contributed by atoms with Crippen LogP contribution < -0.4 is 30.8 Å². The summed E-state index contributed by atoms with van der Waals surface area (Å²) in [5, 5.41) is 53.5. The lowest BCUT2D eigenvalue weighted by atomic mass is 9.90. The van der Waals surface area contributed by atoms with Crippen molar-refractivity contribution in [2.45, 2.75) is 6.42 Å². The van der Waals surface area contributed by atoms with Gasteiger partial charge in [-0.1, -0.05) is 12.1 Å². The Hall–Kier alpha value is -9.11. The van der Waals surface area contributed by atoms with Crippen LogP contribution in [0.1, 0.15) is 32.1 Å². The molecule has 4 aromatic carbocycles. The zero-order valence-corrected chi connectivity index (χ0v) is 32.7. The molecule has 0 atom stereocenters. The summed E-state index contributed by atoms with van der Waals surface area (Å²) in [5.41, 5.74) is 3.25. The maximum Gasteiger partial charge on any atom is 0.356 e. The molecule has 0 bridgehead atoms. The van der Waals surface area contributed by atoms with E-state index in [1.165, 1.54) is 44.6 Å². The van der Waals surface area contributed by atoms with Crippen molar-refractivity contribution in [3.63, 3.8) is 0 Å². The number of hydrogen-bond acceptors (Lipinski definition) is 20. The van der Waals surface area contributed by atoms with Crippen LogP contribution in [-0.2, 0) is 11.3 Å². The number of carboxylic acid groups (broad SMARTS) is 1. The number of nitrogens with zero attached hydrogens (tertiary/aromatic N) is 7. The highest BCUT2D eigenvalue weighted by molar-refractivity contribution is 6.09. The van der Waals surface area contributed by atoms with Crippen molar-refractivity contribution in [2.75, 3.05) is 19.5 Å². The van der Waals surface area contributed by atoms with Gasteiger partial charge in [0.05, 0.1) is 36.4 Å². The van der Waals surface area contributed by atoms with Crippen LogP contribution in [0.5, 0.6) is 47.3 Å². The number of aromatic nitrogens is 6. The van der Waals surface area contributed by atoms with E-state index in [-0.39, 0.29) is 46.5 Å². The average Bonchev–Trinajstić information content (AvgIpc) is 3.24. The fourth-order valence-electron chi connectivity index (χ4n) is 6.67. The van der Waals surface area contributed by atoms with E-state index in [1.54, 1.807) is 60.7 Å². The first-order chi connectivity index (χ1) is 30.4. The lowest BCUT2D eigenvalue weighted by molar-refractivity contribution is 0.0503. The molecule has 2 aromatic heterocycles. The van der Waals surface area contributed by atoms with Crippen molar-refractivity contribution in [3.05, 3.63) is 119 Å². The average molecular weight is 854 g/mol. The summed E-state index contributed by atoms with van der Waals surface area (Å²) in [7, 11) is 2.96. The normalized spacial score (nSPS) is 11.4. The number of hydrogen-bond donors (Lipinski definition) is 7. The molecule has 0 amide bonds. The first-order valence-corrected chi connectivity index (χ1v) is 18.3. The van der Waals surface area contributed by atoms with Gasteiger partial charge in [-0.25, -0.2) is 14.6 Å². The number of nitrogens with two attached hydrogens (primary N) is 1. The summed E-state index contributed by atoms with van der Waals surface area (Å²) in [6, 6.07) is 21.1. The van der Waals surface area contributed by atoms with Crippen LogP contribution in [-0.4, -0.2) is 81.6 Å². The summed E-state index contributed by atoms with van der Waals surface area (Å²) in [5.74, 6) is 4.26. The van der Waals surface area contributed by atoms with E-state index in [1.807, 2.05) is 0 Å². The molecule has 0 spiro atoms. The summed E-state index contributed by atoms with van der Waals surface area (Å²) in [6.07, 6.45) is 0.128. The van der Waals surface area contributed by atoms with Gasteiger partial charge in [0.25, 0.3) is 0 Å². The number of aromatic carboxylic acids is 1. The van der Waals surface area contributed by atoms with E-state index in [4.69, 9.17) is 29.5 Å². The van der Waals surface area contributed by atoms with Crippen LogP contribution in [0.25, 0.3) is 33.4 Å². The van der Waals surface area contributed by atoms with Crippen molar-refractivity contribution in [1.82, 2.24) is 29.9 Å². The minimum atomic E-state index is -1.32. The van der Waals surface area contributed by atoms with E-state index in [0.717, 1.165) is 0 Å². The molecular weight excluding hydrogens is 823 g/mol. The maximum absolute atomic E-state index is 12.8. The number of benzene rings is 5. The van der Waals surface area contributed by atoms with Gasteiger partial charge in [0.15, 0.2) is 0 Å². The Labute approximate surface area is 353 Å². The zero-order chi connectivity index (χ0) is 44.4. The van der Waals surface area contributed by atoms with E-state index < -0.39 is 36.0 Å². The van der Waals surface area contributed by atoms with Crippen LogP contribution in [0, 0.1) is 0 Å². The number of nitrogens with one attached hydrogen (secondary N) is 1. The van der Waals surface area contributed by atoms with Gasteiger partial charge in [0.2, 0.25) is 0 Å². The first kappa shape index (κ1) is 40.7. The Morgan fingerprint density at radius 2 is 1.44 bits per heavy atom. The highest BCUT2D eigenvalue weighted by Gasteiger charge is 2.24. The van der Waals surface area contributed by atoms with Gasteiger partial charge >= 0.3 is 42.0 Å². The minimum Gasteiger partial charge on any atom is -0.495 e. The number of carbonyl (C=O) groups excluding carboxylic acids is 1. The molecule has 3 heterocycles. The highest BCUT2D eigenvalue weighted by Crippen LogP contribution is 2.43. The molecule has 63 heavy (non-hydrogen) atoms. The SMILES string of the molecule is COc1ccc(Oc2nc(O)nc(O)n2)cc1/N=c1\ccc2c(-c3ccc(C(=O)ON)cc3C(=O)O)c3ccc(Nc4cc(Cc5nc(O)nc(O)n5)ccc4OC)cc3oc-2c1. The summed E-state index contributed by atoms with van der Waals surface area (Å²) in [4.78, 5) is 56.0. The molecule has 1 aliphatic heterocycles. The lowest BCUT2D eigenvalue weighted by Crippen LogP contribution is -2.12. The minimum absolute atomic E-state index is 0.0787. The predicted molar refractivity (Wildman–Crippen MR) is 219 cm³/mol. The van der Waals surface area contributed by atoms with Gasteiger partial charge in [-0.3, -0.25) is 0 Å². The molecule has 0 fully saturated rings. The van der Waals surface area contributed by atoms with Gasteiger partial charge in [0, 0.05) is 46.8 Å². The fraction of sp³-hybridized carbons (Fsp3) is 0.0714. The molecule has 316 valence electrons. The number of methoxy groups -OCH3 is 2. The maximum atomic E-state index is 12.8. The molecule has 2 aliphatic rings. The number of fused-ring (bicyclic) bond motifs is 2. The third kappa shape index (κ3) is 8.64.